The number of ketones is 1. The summed E-state index contributed by atoms with van der Waals surface area (Å²) in [7, 11) is 0. The molecule has 1 saturated heterocycles. The van der Waals surface area contributed by atoms with Crippen LogP contribution in [0.2, 0.25) is 0 Å². The summed E-state index contributed by atoms with van der Waals surface area (Å²) in [5.41, 5.74) is 0.931. The summed E-state index contributed by atoms with van der Waals surface area (Å²) in [6.45, 7) is 1.32. The van der Waals surface area contributed by atoms with Crippen molar-refractivity contribution < 1.29 is 9.32 Å². The van der Waals surface area contributed by atoms with E-state index in [1.807, 2.05) is 35.2 Å². The van der Waals surface area contributed by atoms with Crippen molar-refractivity contribution in [1.82, 2.24) is 10.1 Å². The van der Waals surface area contributed by atoms with Crippen LogP contribution in [0.4, 0.5) is 6.01 Å². The van der Waals surface area contributed by atoms with Gasteiger partial charge in [0.15, 0.2) is 0 Å². The van der Waals surface area contributed by atoms with Gasteiger partial charge in [-0.2, -0.15) is 4.98 Å². The number of hydrogen-bond donors (Lipinski definition) is 0. The number of carbonyl (C=O) groups is 1. The Balaban J connectivity index is 1.80. The number of carbonyl (C=O) groups excluding carboxylic acids is 1. The molecule has 0 spiro atoms. The second-order valence-corrected chi connectivity index (χ2v) is 4.29. The maximum absolute atomic E-state index is 11.2. The quantitative estimate of drug-likeness (QED) is 0.806. The molecule has 1 aliphatic heterocycles. The third-order valence-electron chi connectivity index (χ3n) is 3.04. The van der Waals surface area contributed by atoms with E-state index in [0.717, 1.165) is 5.56 Å². The maximum Gasteiger partial charge on any atom is 0.324 e. The molecule has 0 saturated carbocycles. The van der Waals surface area contributed by atoms with Gasteiger partial charge >= 0.3 is 6.01 Å². The lowest BCUT2D eigenvalue weighted by Gasteiger charge is -2.23. The predicted molar refractivity (Wildman–Crippen MR) is 66.2 cm³/mol. The molecule has 1 aromatic heterocycles. The summed E-state index contributed by atoms with van der Waals surface area (Å²) in [4.78, 5) is 17.5. The van der Waals surface area contributed by atoms with Crippen molar-refractivity contribution >= 4 is 11.8 Å². The minimum absolute atomic E-state index is 0.300. The van der Waals surface area contributed by atoms with Gasteiger partial charge in [-0.25, -0.2) is 0 Å². The normalized spacial score (nSPS) is 16.0. The molecular weight excluding hydrogens is 230 g/mol. The Morgan fingerprint density at radius 3 is 2.56 bits per heavy atom. The Hall–Kier alpha value is -2.17. The van der Waals surface area contributed by atoms with Gasteiger partial charge in [-0.3, -0.25) is 4.79 Å². The van der Waals surface area contributed by atoms with E-state index in [9.17, 15) is 4.79 Å². The Labute approximate surface area is 104 Å². The topological polar surface area (TPSA) is 59.2 Å². The number of Topliss-reactive ketones (excluding diaryl/α,β-unsaturated/α-hetero) is 1. The molecule has 3 rings (SSSR count). The first-order valence-corrected chi connectivity index (χ1v) is 5.99. The first-order chi connectivity index (χ1) is 8.83. The van der Waals surface area contributed by atoms with Gasteiger partial charge in [0.1, 0.15) is 5.78 Å². The van der Waals surface area contributed by atoms with Crippen molar-refractivity contribution in [2.75, 3.05) is 18.0 Å². The van der Waals surface area contributed by atoms with Crippen LogP contribution in [0, 0.1) is 0 Å². The van der Waals surface area contributed by atoms with Crippen LogP contribution in [0.15, 0.2) is 34.9 Å². The number of piperidine rings is 1. The largest absolute Gasteiger partial charge is 0.324 e. The second-order valence-electron chi connectivity index (χ2n) is 4.29. The summed E-state index contributed by atoms with van der Waals surface area (Å²) >= 11 is 0. The van der Waals surface area contributed by atoms with Crippen molar-refractivity contribution in [3.63, 3.8) is 0 Å². The third-order valence-corrected chi connectivity index (χ3v) is 3.04. The van der Waals surface area contributed by atoms with Crippen LogP contribution in [0.25, 0.3) is 11.4 Å². The molecule has 1 fully saturated rings. The number of benzene rings is 1. The number of rotatable bonds is 2. The molecule has 0 radical (unpaired) electrons. The van der Waals surface area contributed by atoms with E-state index in [0.29, 0.717) is 43.6 Å². The third kappa shape index (κ3) is 2.11. The molecule has 1 aromatic carbocycles. The number of hydrogen-bond acceptors (Lipinski definition) is 5. The summed E-state index contributed by atoms with van der Waals surface area (Å²) in [5, 5.41) is 3.97. The highest BCUT2D eigenvalue weighted by Crippen LogP contribution is 2.21. The van der Waals surface area contributed by atoms with Gasteiger partial charge in [0.25, 0.3) is 0 Å². The van der Waals surface area contributed by atoms with Crippen molar-refractivity contribution in [2.45, 2.75) is 12.8 Å². The molecule has 5 nitrogen and oxygen atoms in total. The first-order valence-electron chi connectivity index (χ1n) is 5.99. The van der Waals surface area contributed by atoms with Crippen molar-refractivity contribution in [3.8, 4) is 11.4 Å². The van der Waals surface area contributed by atoms with E-state index in [4.69, 9.17) is 4.52 Å². The zero-order valence-corrected chi connectivity index (χ0v) is 9.87. The standard InChI is InChI=1S/C13H13N3O2/c17-11-6-8-16(9-7-11)13-14-12(15-18-13)10-4-2-1-3-5-10/h1-5H,6-9H2. The lowest BCUT2D eigenvalue weighted by molar-refractivity contribution is -0.119. The van der Waals surface area contributed by atoms with Gasteiger partial charge in [-0.1, -0.05) is 35.5 Å². The van der Waals surface area contributed by atoms with Crippen LogP contribution in [-0.4, -0.2) is 29.0 Å². The molecule has 0 unspecified atom stereocenters. The van der Waals surface area contributed by atoms with Gasteiger partial charge in [0.2, 0.25) is 5.82 Å². The molecule has 18 heavy (non-hydrogen) atoms. The van der Waals surface area contributed by atoms with E-state index in [-0.39, 0.29) is 0 Å². The van der Waals surface area contributed by atoms with Crippen LogP contribution in [0.5, 0.6) is 0 Å². The Morgan fingerprint density at radius 1 is 1.11 bits per heavy atom. The fraction of sp³-hybridized carbons (Fsp3) is 0.308. The molecule has 2 heterocycles. The van der Waals surface area contributed by atoms with Crippen LogP contribution in [0.3, 0.4) is 0 Å². The smallest absolute Gasteiger partial charge is 0.324 e. The first kappa shape index (κ1) is 11.0. The number of aromatic nitrogens is 2. The summed E-state index contributed by atoms with van der Waals surface area (Å²) < 4.78 is 5.25. The van der Waals surface area contributed by atoms with Gasteiger partial charge < -0.3 is 9.42 Å². The molecule has 0 N–H and O–H groups in total. The minimum atomic E-state index is 0.300. The van der Waals surface area contributed by atoms with E-state index in [2.05, 4.69) is 10.1 Å². The Bertz CT molecular complexity index is 540. The fourth-order valence-corrected chi connectivity index (χ4v) is 2.00. The van der Waals surface area contributed by atoms with E-state index >= 15 is 0 Å². The van der Waals surface area contributed by atoms with E-state index in [1.54, 1.807) is 0 Å². The molecule has 1 aliphatic rings. The molecule has 0 bridgehead atoms. The fourth-order valence-electron chi connectivity index (χ4n) is 2.00. The average Bonchev–Trinajstić information content (AvgIpc) is 2.90. The van der Waals surface area contributed by atoms with Gasteiger partial charge in [0.05, 0.1) is 0 Å². The summed E-state index contributed by atoms with van der Waals surface area (Å²) in [6, 6.07) is 10.2. The van der Waals surface area contributed by atoms with Gasteiger partial charge in [-0.15, -0.1) is 0 Å². The molecule has 0 amide bonds. The van der Waals surface area contributed by atoms with Crippen molar-refractivity contribution in [3.05, 3.63) is 30.3 Å². The molecular formula is C13H13N3O2. The van der Waals surface area contributed by atoms with E-state index in [1.165, 1.54) is 0 Å². The maximum atomic E-state index is 11.2. The average molecular weight is 243 g/mol. The number of nitrogens with zero attached hydrogens (tertiary/aromatic N) is 3. The lowest BCUT2D eigenvalue weighted by Crippen LogP contribution is -2.33. The van der Waals surface area contributed by atoms with Crippen LogP contribution < -0.4 is 4.90 Å². The Morgan fingerprint density at radius 2 is 1.83 bits per heavy atom. The zero-order chi connectivity index (χ0) is 12.4. The molecule has 2 aromatic rings. The lowest BCUT2D eigenvalue weighted by atomic mass is 10.1. The van der Waals surface area contributed by atoms with Crippen LogP contribution in [-0.2, 0) is 4.79 Å². The second kappa shape index (κ2) is 4.60. The summed E-state index contributed by atoms with van der Waals surface area (Å²) in [5.74, 6) is 0.886. The Kier molecular flexibility index (Phi) is 2.80. The van der Waals surface area contributed by atoms with Crippen LogP contribution >= 0.6 is 0 Å². The van der Waals surface area contributed by atoms with Crippen molar-refractivity contribution in [1.29, 1.82) is 0 Å². The van der Waals surface area contributed by atoms with Gasteiger partial charge in [0, 0.05) is 31.5 Å². The zero-order valence-electron chi connectivity index (χ0n) is 9.87. The SMILES string of the molecule is O=C1CCN(c2nc(-c3ccccc3)no2)CC1. The van der Waals surface area contributed by atoms with Crippen LogP contribution in [0.1, 0.15) is 12.8 Å². The highest BCUT2D eigenvalue weighted by atomic mass is 16.5. The van der Waals surface area contributed by atoms with Gasteiger partial charge in [-0.05, 0) is 0 Å². The monoisotopic (exact) mass is 243 g/mol. The minimum Gasteiger partial charge on any atom is -0.324 e. The van der Waals surface area contributed by atoms with E-state index < -0.39 is 0 Å². The molecule has 5 heteroatoms. The molecule has 0 atom stereocenters. The predicted octanol–water partition coefficient (Wildman–Crippen LogP) is 1.91. The number of anilines is 1. The highest BCUT2D eigenvalue weighted by molar-refractivity contribution is 5.80. The molecule has 0 aliphatic carbocycles. The molecule has 92 valence electrons. The highest BCUT2D eigenvalue weighted by Gasteiger charge is 2.21. The summed E-state index contributed by atoms with van der Waals surface area (Å²) in [6.07, 6.45) is 1.12. The van der Waals surface area contributed by atoms with Crippen molar-refractivity contribution in [2.24, 2.45) is 0 Å².